The highest BCUT2D eigenvalue weighted by Gasteiger charge is 2.30. The fraction of sp³-hybridized carbons (Fsp3) is 0.167. The Morgan fingerprint density at radius 3 is 2.07 bits per heavy atom. The monoisotopic (exact) mass is 404 g/mol. The van der Waals surface area contributed by atoms with Crippen LogP contribution in [0, 0.1) is 0 Å². The van der Waals surface area contributed by atoms with Crippen molar-refractivity contribution in [1.29, 1.82) is 0 Å². The standard InChI is InChI=1S/C24H24N2O2S/c1-24(2,23(28)25-3)26-22(27)21-19(17-11-6-4-7-12-17)15-10-16-20(21)29-18-13-8-5-9-14-18/h4-16H,1-3H3,(H,25,28)(H,26,27). The van der Waals surface area contributed by atoms with E-state index in [9.17, 15) is 9.59 Å². The third kappa shape index (κ3) is 4.87. The number of carbonyl (C=O) groups excluding carboxylic acids is 2. The van der Waals surface area contributed by atoms with Crippen molar-refractivity contribution in [2.45, 2.75) is 29.2 Å². The van der Waals surface area contributed by atoms with E-state index in [0.29, 0.717) is 5.56 Å². The summed E-state index contributed by atoms with van der Waals surface area (Å²) in [6.07, 6.45) is 0. The Balaban J connectivity index is 2.08. The summed E-state index contributed by atoms with van der Waals surface area (Å²) in [5, 5.41) is 5.50. The number of rotatable bonds is 6. The Morgan fingerprint density at radius 1 is 0.828 bits per heavy atom. The molecule has 4 nitrogen and oxygen atoms in total. The molecule has 0 atom stereocenters. The molecule has 2 amide bonds. The molecule has 5 heteroatoms. The molecule has 3 rings (SSSR count). The van der Waals surface area contributed by atoms with Crippen LogP contribution in [0.25, 0.3) is 11.1 Å². The highest BCUT2D eigenvalue weighted by atomic mass is 32.2. The molecule has 2 N–H and O–H groups in total. The molecule has 0 aliphatic carbocycles. The zero-order chi connectivity index (χ0) is 20.9. The minimum absolute atomic E-state index is 0.250. The average molecular weight is 405 g/mol. The van der Waals surface area contributed by atoms with E-state index in [1.807, 2.05) is 78.9 Å². The summed E-state index contributed by atoms with van der Waals surface area (Å²) >= 11 is 1.53. The first-order valence-electron chi connectivity index (χ1n) is 9.38. The Morgan fingerprint density at radius 2 is 1.45 bits per heavy atom. The second-order valence-corrected chi connectivity index (χ2v) is 8.23. The van der Waals surface area contributed by atoms with E-state index in [4.69, 9.17) is 0 Å². The summed E-state index contributed by atoms with van der Waals surface area (Å²) in [7, 11) is 1.56. The fourth-order valence-corrected chi connectivity index (χ4v) is 4.04. The molecule has 0 bridgehead atoms. The van der Waals surface area contributed by atoms with Gasteiger partial charge in [0.2, 0.25) is 5.91 Å². The van der Waals surface area contributed by atoms with Gasteiger partial charge in [0.05, 0.1) is 5.56 Å². The van der Waals surface area contributed by atoms with Gasteiger partial charge in [0.15, 0.2) is 0 Å². The lowest BCUT2D eigenvalue weighted by Crippen LogP contribution is -2.54. The van der Waals surface area contributed by atoms with Crippen molar-refractivity contribution >= 4 is 23.6 Å². The normalized spacial score (nSPS) is 11.0. The summed E-state index contributed by atoms with van der Waals surface area (Å²) in [6, 6.07) is 25.5. The van der Waals surface area contributed by atoms with Gasteiger partial charge in [0.1, 0.15) is 5.54 Å². The molecule has 0 aliphatic heterocycles. The van der Waals surface area contributed by atoms with Gasteiger partial charge in [0, 0.05) is 16.8 Å². The van der Waals surface area contributed by atoms with Crippen molar-refractivity contribution in [3.63, 3.8) is 0 Å². The summed E-state index contributed by atoms with van der Waals surface area (Å²) in [5.41, 5.74) is 1.30. The van der Waals surface area contributed by atoms with Gasteiger partial charge in [-0.3, -0.25) is 9.59 Å². The number of nitrogens with one attached hydrogen (secondary N) is 2. The van der Waals surface area contributed by atoms with Gasteiger partial charge in [-0.2, -0.15) is 0 Å². The van der Waals surface area contributed by atoms with Crippen LogP contribution >= 0.6 is 11.8 Å². The lowest BCUT2D eigenvalue weighted by Gasteiger charge is -2.25. The van der Waals surface area contributed by atoms with E-state index in [1.165, 1.54) is 11.8 Å². The number of benzene rings is 3. The number of carbonyl (C=O) groups is 2. The Labute approximate surface area is 175 Å². The molecule has 0 saturated heterocycles. The van der Waals surface area contributed by atoms with E-state index >= 15 is 0 Å². The van der Waals surface area contributed by atoms with Gasteiger partial charge >= 0.3 is 0 Å². The van der Waals surface area contributed by atoms with E-state index < -0.39 is 5.54 Å². The van der Waals surface area contributed by atoms with Crippen molar-refractivity contribution in [1.82, 2.24) is 10.6 Å². The quantitative estimate of drug-likeness (QED) is 0.623. The largest absolute Gasteiger partial charge is 0.357 e. The van der Waals surface area contributed by atoms with Gasteiger partial charge < -0.3 is 10.6 Å². The highest BCUT2D eigenvalue weighted by Crippen LogP contribution is 2.36. The Hall–Kier alpha value is -3.05. The second kappa shape index (κ2) is 8.97. The molecular weight excluding hydrogens is 380 g/mol. The SMILES string of the molecule is CNC(=O)C(C)(C)NC(=O)c1c(Sc2ccccc2)cccc1-c1ccccc1. The molecule has 0 unspecified atom stereocenters. The van der Waals surface area contributed by atoms with Crippen molar-refractivity contribution < 1.29 is 9.59 Å². The maximum Gasteiger partial charge on any atom is 0.253 e. The van der Waals surface area contributed by atoms with Crippen LogP contribution in [-0.2, 0) is 4.79 Å². The van der Waals surface area contributed by atoms with Crippen LogP contribution in [0.2, 0.25) is 0 Å². The first-order chi connectivity index (χ1) is 13.9. The fourth-order valence-electron chi connectivity index (χ4n) is 3.04. The first kappa shape index (κ1) is 20.7. The number of amides is 2. The summed E-state index contributed by atoms with van der Waals surface area (Å²) in [4.78, 5) is 27.5. The Bertz CT molecular complexity index is 1000. The van der Waals surface area contributed by atoms with E-state index in [2.05, 4.69) is 10.6 Å². The van der Waals surface area contributed by atoms with Gasteiger partial charge in [-0.1, -0.05) is 72.4 Å². The molecule has 0 radical (unpaired) electrons. The number of likely N-dealkylation sites (N-methyl/N-ethyl adjacent to an activating group) is 1. The maximum absolute atomic E-state index is 13.4. The smallest absolute Gasteiger partial charge is 0.253 e. The predicted molar refractivity (Wildman–Crippen MR) is 118 cm³/mol. The van der Waals surface area contributed by atoms with Crippen molar-refractivity contribution in [2.24, 2.45) is 0 Å². The predicted octanol–water partition coefficient (Wildman–Crippen LogP) is 4.76. The van der Waals surface area contributed by atoms with Crippen LogP contribution in [-0.4, -0.2) is 24.4 Å². The third-order valence-electron chi connectivity index (χ3n) is 4.53. The van der Waals surface area contributed by atoms with Crippen LogP contribution in [0.3, 0.4) is 0 Å². The van der Waals surface area contributed by atoms with Crippen LogP contribution in [0.5, 0.6) is 0 Å². The topological polar surface area (TPSA) is 58.2 Å². The summed E-state index contributed by atoms with van der Waals surface area (Å²) in [5.74, 6) is -0.531. The van der Waals surface area contributed by atoms with Crippen LogP contribution in [0.1, 0.15) is 24.2 Å². The minimum atomic E-state index is -1.04. The third-order valence-corrected chi connectivity index (χ3v) is 5.60. The van der Waals surface area contributed by atoms with Crippen molar-refractivity contribution in [3.05, 3.63) is 84.4 Å². The lowest BCUT2D eigenvalue weighted by atomic mass is 9.97. The molecule has 29 heavy (non-hydrogen) atoms. The van der Waals surface area contributed by atoms with Crippen LogP contribution in [0.15, 0.2) is 88.7 Å². The first-order valence-corrected chi connectivity index (χ1v) is 10.2. The van der Waals surface area contributed by atoms with Gasteiger partial charge in [0.25, 0.3) is 5.91 Å². The van der Waals surface area contributed by atoms with Crippen LogP contribution < -0.4 is 10.6 Å². The summed E-state index contributed by atoms with van der Waals surface area (Å²) < 4.78 is 0. The average Bonchev–Trinajstić information content (AvgIpc) is 2.74. The minimum Gasteiger partial charge on any atom is -0.357 e. The van der Waals surface area contributed by atoms with E-state index in [0.717, 1.165) is 20.9 Å². The zero-order valence-electron chi connectivity index (χ0n) is 16.7. The molecule has 0 saturated carbocycles. The van der Waals surface area contributed by atoms with Gasteiger partial charge in [-0.25, -0.2) is 0 Å². The number of hydrogen-bond acceptors (Lipinski definition) is 3. The van der Waals surface area contributed by atoms with E-state index in [-0.39, 0.29) is 11.8 Å². The molecule has 3 aromatic rings. The molecule has 0 aliphatic rings. The van der Waals surface area contributed by atoms with Gasteiger partial charge in [-0.05, 0) is 43.2 Å². The lowest BCUT2D eigenvalue weighted by molar-refractivity contribution is -0.125. The molecule has 0 aromatic heterocycles. The maximum atomic E-state index is 13.4. The molecule has 0 heterocycles. The molecule has 0 fully saturated rings. The zero-order valence-corrected chi connectivity index (χ0v) is 17.5. The van der Waals surface area contributed by atoms with E-state index in [1.54, 1.807) is 20.9 Å². The molecular formula is C24H24N2O2S. The second-order valence-electron chi connectivity index (χ2n) is 7.12. The highest BCUT2D eigenvalue weighted by molar-refractivity contribution is 7.99. The number of hydrogen-bond donors (Lipinski definition) is 2. The Kier molecular flexibility index (Phi) is 6.39. The van der Waals surface area contributed by atoms with Crippen molar-refractivity contribution in [3.8, 4) is 11.1 Å². The van der Waals surface area contributed by atoms with Crippen molar-refractivity contribution in [2.75, 3.05) is 7.05 Å². The molecule has 3 aromatic carbocycles. The van der Waals surface area contributed by atoms with Crippen LogP contribution in [0.4, 0.5) is 0 Å². The summed E-state index contributed by atoms with van der Waals surface area (Å²) in [6.45, 7) is 3.39. The molecule has 0 spiro atoms. The van der Waals surface area contributed by atoms with Gasteiger partial charge in [-0.15, -0.1) is 0 Å². The molecule has 148 valence electrons.